The van der Waals surface area contributed by atoms with Gasteiger partial charge < -0.3 is 9.94 Å². The van der Waals surface area contributed by atoms with Gasteiger partial charge in [-0.1, -0.05) is 0 Å². The normalized spacial score (nSPS) is 8.33. The maximum atomic E-state index is 10.1. The molecule has 0 aromatic carbocycles. The van der Waals surface area contributed by atoms with E-state index in [0.29, 0.717) is 5.57 Å². The SMILES string of the molecule is CC(C)=C(ON)C(=O)O. The first-order valence-corrected chi connectivity index (χ1v) is 2.37. The van der Waals surface area contributed by atoms with Gasteiger partial charge >= 0.3 is 5.97 Å². The second kappa shape index (κ2) is 3.09. The van der Waals surface area contributed by atoms with E-state index in [1.54, 1.807) is 13.8 Å². The van der Waals surface area contributed by atoms with Gasteiger partial charge in [-0.05, 0) is 19.4 Å². The molecule has 0 saturated heterocycles. The minimum atomic E-state index is -1.14. The van der Waals surface area contributed by atoms with Gasteiger partial charge in [0.15, 0.2) is 0 Å². The van der Waals surface area contributed by atoms with Gasteiger partial charge in [-0.3, -0.25) is 0 Å². The summed E-state index contributed by atoms with van der Waals surface area (Å²) in [6.45, 7) is 3.21. The van der Waals surface area contributed by atoms with Crippen molar-refractivity contribution in [3.8, 4) is 0 Å². The molecule has 0 aromatic heterocycles. The molecule has 0 aliphatic rings. The van der Waals surface area contributed by atoms with Crippen molar-refractivity contribution < 1.29 is 14.7 Å². The number of aliphatic carboxylic acids is 1. The molecule has 0 atom stereocenters. The van der Waals surface area contributed by atoms with Crippen molar-refractivity contribution >= 4 is 5.97 Å². The number of carboxylic acid groups (broad SMARTS) is 1. The molecule has 4 heteroatoms. The summed E-state index contributed by atoms with van der Waals surface area (Å²) in [6, 6.07) is 0. The third-order valence-electron chi connectivity index (χ3n) is 0.766. The van der Waals surface area contributed by atoms with Crippen molar-refractivity contribution in [1.29, 1.82) is 0 Å². The highest BCUT2D eigenvalue weighted by molar-refractivity contribution is 5.84. The molecule has 0 saturated carbocycles. The Morgan fingerprint density at radius 1 is 1.56 bits per heavy atom. The van der Waals surface area contributed by atoms with Crippen molar-refractivity contribution in [2.45, 2.75) is 13.8 Å². The van der Waals surface area contributed by atoms with Gasteiger partial charge in [0.2, 0.25) is 5.76 Å². The van der Waals surface area contributed by atoms with E-state index in [1.165, 1.54) is 0 Å². The summed E-state index contributed by atoms with van der Waals surface area (Å²) < 4.78 is 0. The zero-order valence-corrected chi connectivity index (χ0v) is 5.34. The van der Waals surface area contributed by atoms with Crippen molar-refractivity contribution in [3.63, 3.8) is 0 Å². The van der Waals surface area contributed by atoms with E-state index in [4.69, 9.17) is 5.11 Å². The lowest BCUT2D eigenvalue weighted by atomic mass is 10.3. The Morgan fingerprint density at radius 3 is 2.00 bits per heavy atom. The average molecular weight is 131 g/mol. The van der Waals surface area contributed by atoms with Gasteiger partial charge in [-0.25, -0.2) is 4.79 Å². The van der Waals surface area contributed by atoms with Gasteiger partial charge in [0.1, 0.15) is 0 Å². The summed E-state index contributed by atoms with van der Waals surface area (Å²) in [7, 11) is 0. The minimum Gasteiger partial charge on any atom is -0.475 e. The first kappa shape index (κ1) is 7.97. The molecule has 0 aromatic rings. The lowest BCUT2D eigenvalue weighted by molar-refractivity contribution is -0.136. The van der Waals surface area contributed by atoms with E-state index in [9.17, 15) is 4.79 Å². The molecule has 0 bridgehead atoms. The summed E-state index contributed by atoms with van der Waals surface area (Å²) in [5.74, 6) is 3.30. The summed E-state index contributed by atoms with van der Waals surface area (Å²) in [5.41, 5.74) is 0.546. The smallest absolute Gasteiger partial charge is 0.373 e. The van der Waals surface area contributed by atoms with Gasteiger partial charge in [0.05, 0.1) is 0 Å². The van der Waals surface area contributed by atoms with Crippen molar-refractivity contribution in [2.24, 2.45) is 5.90 Å². The molecule has 0 aliphatic carbocycles. The van der Waals surface area contributed by atoms with Crippen LogP contribution < -0.4 is 5.90 Å². The number of carbonyl (C=O) groups is 1. The topological polar surface area (TPSA) is 72.5 Å². The van der Waals surface area contributed by atoms with Crippen LogP contribution in [0.3, 0.4) is 0 Å². The lowest BCUT2D eigenvalue weighted by Crippen LogP contribution is -2.10. The number of carboxylic acids is 1. The van der Waals surface area contributed by atoms with Crippen LogP contribution in [0.1, 0.15) is 13.8 Å². The molecule has 0 aliphatic heterocycles. The molecule has 0 amide bonds. The van der Waals surface area contributed by atoms with Crippen LogP contribution >= 0.6 is 0 Å². The zero-order valence-electron chi connectivity index (χ0n) is 5.34. The maximum absolute atomic E-state index is 10.1. The van der Waals surface area contributed by atoms with Crippen LogP contribution in [-0.4, -0.2) is 11.1 Å². The van der Waals surface area contributed by atoms with Crippen LogP contribution in [0.4, 0.5) is 0 Å². The Labute approximate surface area is 52.9 Å². The van der Waals surface area contributed by atoms with E-state index in [-0.39, 0.29) is 5.76 Å². The molecular weight excluding hydrogens is 122 g/mol. The molecule has 0 unspecified atom stereocenters. The van der Waals surface area contributed by atoms with Crippen molar-refractivity contribution in [3.05, 3.63) is 11.3 Å². The van der Waals surface area contributed by atoms with Gasteiger partial charge in [-0.2, -0.15) is 5.90 Å². The molecule has 0 rings (SSSR count). The summed E-state index contributed by atoms with van der Waals surface area (Å²) in [4.78, 5) is 14.2. The number of nitrogens with two attached hydrogens (primary N) is 1. The fourth-order valence-electron chi connectivity index (χ4n) is 0.382. The van der Waals surface area contributed by atoms with Crippen molar-refractivity contribution in [2.75, 3.05) is 0 Å². The van der Waals surface area contributed by atoms with E-state index < -0.39 is 5.97 Å². The maximum Gasteiger partial charge on any atom is 0.373 e. The van der Waals surface area contributed by atoms with Crippen LogP contribution in [0.2, 0.25) is 0 Å². The van der Waals surface area contributed by atoms with E-state index in [0.717, 1.165) is 0 Å². The predicted molar refractivity (Wildman–Crippen MR) is 31.3 cm³/mol. The Hall–Kier alpha value is -1.03. The van der Waals surface area contributed by atoms with Gasteiger partial charge in [-0.15, -0.1) is 0 Å². The molecular formula is C5H9NO3. The molecule has 0 spiro atoms. The highest BCUT2D eigenvalue weighted by Gasteiger charge is 2.08. The quantitative estimate of drug-likeness (QED) is 0.320. The predicted octanol–water partition coefficient (Wildman–Crippen LogP) is 0.255. The Balaban J connectivity index is 4.35. The number of rotatable bonds is 2. The second-order valence-corrected chi connectivity index (χ2v) is 1.75. The highest BCUT2D eigenvalue weighted by Crippen LogP contribution is 2.01. The summed E-state index contributed by atoms with van der Waals surface area (Å²) in [6.07, 6.45) is 0. The summed E-state index contributed by atoms with van der Waals surface area (Å²) in [5, 5.41) is 8.28. The summed E-state index contributed by atoms with van der Waals surface area (Å²) >= 11 is 0. The Bertz CT molecular complexity index is 146. The second-order valence-electron chi connectivity index (χ2n) is 1.75. The first-order chi connectivity index (χ1) is 4.09. The fourth-order valence-corrected chi connectivity index (χ4v) is 0.382. The Morgan fingerprint density at radius 2 is 2.00 bits per heavy atom. The van der Waals surface area contributed by atoms with E-state index in [2.05, 4.69) is 10.7 Å². The number of hydrogen-bond acceptors (Lipinski definition) is 3. The monoisotopic (exact) mass is 131 g/mol. The fraction of sp³-hybridized carbons (Fsp3) is 0.400. The van der Waals surface area contributed by atoms with Crippen LogP contribution in [0, 0.1) is 0 Å². The van der Waals surface area contributed by atoms with Crippen LogP contribution in [-0.2, 0) is 9.63 Å². The molecule has 9 heavy (non-hydrogen) atoms. The molecule has 52 valence electrons. The average Bonchev–Trinajstić information content (AvgIpc) is 1.64. The standard InChI is InChI=1S/C5H9NO3/c1-3(2)4(9-6)5(7)8/h6H2,1-2H3,(H,7,8). The third-order valence-corrected chi connectivity index (χ3v) is 0.766. The minimum absolute atomic E-state index is 0.199. The number of allylic oxidation sites excluding steroid dienone is 1. The van der Waals surface area contributed by atoms with Crippen molar-refractivity contribution in [1.82, 2.24) is 0 Å². The molecule has 0 fully saturated rings. The van der Waals surface area contributed by atoms with Gasteiger partial charge in [0, 0.05) is 0 Å². The van der Waals surface area contributed by atoms with Gasteiger partial charge in [0.25, 0.3) is 0 Å². The highest BCUT2D eigenvalue weighted by atomic mass is 16.6. The van der Waals surface area contributed by atoms with E-state index in [1.807, 2.05) is 0 Å². The third kappa shape index (κ3) is 2.14. The van der Waals surface area contributed by atoms with E-state index >= 15 is 0 Å². The van der Waals surface area contributed by atoms with Crippen LogP contribution in [0.5, 0.6) is 0 Å². The first-order valence-electron chi connectivity index (χ1n) is 2.37. The largest absolute Gasteiger partial charge is 0.475 e. The molecule has 4 nitrogen and oxygen atoms in total. The Kier molecular flexibility index (Phi) is 2.73. The lowest BCUT2D eigenvalue weighted by Gasteiger charge is -1.98. The van der Waals surface area contributed by atoms with Crippen LogP contribution in [0.25, 0.3) is 0 Å². The molecule has 3 N–H and O–H groups in total. The van der Waals surface area contributed by atoms with Crippen LogP contribution in [0.15, 0.2) is 11.3 Å². The molecule has 0 heterocycles. The number of hydrogen-bond donors (Lipinski definition) is 2. The zero-order chi connectivity index (χ0) is 7.44. The molecule has 0 radical (unpaired) electrons.